The molecule has 0 spiro atoms. The summed E-state index contributed by atoms with van der Waals surface area (Å²) in [6.45, 7) is 2.70. The Bertz CT molecular complexity index is 756. The number of carbonyl (C=O) groups is 2. The van der Waals surface area contributed by atoms with Crippen molar-refractivity contribution in [3.05, 3.63) is 71.3 Å². The normalized spacial score (nSPS) is 20.2. The highest BCUT2D eigenvalue weighted by atomic mass is 19.1. The van der Waals surface area contributed by atoms with Crippen molar-refractivity contribution in [3.63, 3.8) is 0 Å². The van der Waals surface area contributed by atoms with Crippen molar-refractivity contribution in [2.24, 2.45) is 11.8 Å². The molecule has 2 atom stereocenters. The van der Waals surface area contributed by atoms with Gasteiger partial charge in [0, 0.05) is 30.1 Å². The van der Waals surface area contributed by atoms with Crippen molar-refractivity contribution in [1.82, 2.24) is 4.90 Å². The number of ketones is 1. The Morgan fingerprint density at radius 3 is 1.92 bits per heavy atom. The Balaban J connectivity index is 1.74. The summed E-state index contributed by atoms with van der Waals surface area (Å²) in [5.74, 6) is -1.40. The molecule has 1 aliphatic rings. The molecule has 1 saturated heterocycles. The van der Waals surface area contributed by atoms with Crippen LogP contribution in [0, 0.1) is 23.5 Å². The zero-order valence-corrected chi connectivity index (χ0v) is 13.2. The first-order valence-electron chi connectivity index (χ1n) is 7.80. The number of halogens is 2. The van der Waals surface area contributed by atoms with Crippen LogP contribution in [-0.4, -0.2) is 29.7 Å². The molecule has 5 heteroatoms. The van der Waals surface area contributed by atoms with Crippen molar-refractivity contribution in [1.29, 1.82) is 0 Å². The zero-order chi connectivity index (χ0) is 17.3. The summed E-state index contributed by atoms with van der Waals surface area (Å²) in [4.78, 5) is 26.7. The number of likely N-dealkylation sites (tertiary alicyclic amines) is 1. The van der Waals surface area contributed by atoms with Gasteiger partial charge in [-0.3, -0.25) is 9.59 Å². The van der Waals surface area contributed by atoms with Crippen LogP contribution in [0.15, 0.2) is 48.5 Å². The Morgan fingerprint density at radius 2 is 1.38 bits per heavy atom. The highest BCUT2D eigenvalue weighted by Gasteiger charge is 2.37. The Kier molecular flexibility index (Phi) is 4.42. The first-order chi connectivity index (χ1) is 11.5. The Morgan fingerprint density at radius 1 is 0.875 bits per heavy atom. The van der Waals surface area contributed by atoms with Gasteiger partial charge in [0.2, 0.25) is 0 Å². The second kappa shape index (κ2) is 6.51. The fourth-order valence-electron chi connectivity index (χ4n) is 3.08. The van der Waals surface area contributed by atoms with Gasteiger partial charge in [-0.1, -0.05) is 6.92 Å². The molecule has 124 valence electrons. The van der Waals surface area contributed by atoms with Gasteiger partial charge in [-0.15, -0.1) is 0 Å². The minimum atomic E-state index is -0.397. The van der Waals surface area contributed by atoms with E-state index in [9.17, 15) is 18.4 Å². The van der Waals surface area contributed by atoms with Gasteiger partial charge in [0.05, 0.1) is 0 Å². The van der Waals surface area contributed by atoms with Crippen LogP contribution in [0.4, 0.5) is 8.78 Å². The Labute approximate surface area is 138 Å². The van der Waals surface area contributed by atoms with E-state index in [2.05, 4.69) is 0 Å². The van der Waals surface area contributed by atoms with Crippen LogP contribution in [0.25, 0.3) is 0 Å². The highest BCUT2D eigenvalue weighted by Crippen LogP contribution is 2.28. The van der Waals surface area contributed by atoms with E-state index in [0.29, 0.717) is 24.2 Å². The van der Waals surface area contributed by atoms with Crippen molar-refractivity contribution in [2.75, 3.05) is 13.1 Å². The average molecular weight is 329 g/mol. The molecule has 0 N–H and O–H groups in total. The Hall–Kier alpha value is -2.56. The number of benzene rings is 2. The van der Waals surface area contributed by atoms with Gasteiger partial charge in [-0.25, -0.2) is 8.78 Å². The van der Waals surface area contributed by atoms with Crippen molar-refractivity contribution in [2.45, 2.75) is 6.92 Å². The van der Waals surface area contributed by atoms with E-state index in [1.165, 1.54) is 48.5 Å². The van der Waals surface area contributed by atoms with E-state index >= 15 is 0 Å². The number of amides is 1. The molecule has 1 amide bonds. The van der Waals surface area contributed by atoms with Gasteiger partial charge >= 0.3 is 0 Å². The van der Waals surface area contributed by atoms with Crippen molar-refractivity contribution < 1.29 is 18.4 Å². The van der Waals surface area contributed by atoms with Crippen LogP contribution in [0.3, 0.4) is 0 Å². The van der Waals surface area contributed by atoms with E-state index in [1.807, 2.05) is 6.92 Å². The standard InChI is InChI=1S/C19H17F2NO2/c1-12-10-22(19(24)14-4-8-16(21)9-5-14)11-17(12)18(23)13-2-6-15(20)7-3-13/h2-9,12,17H,10-11H2,1H3/t12-,17-/m0/s1. The first-order valence-corrected chi connectivity index (χ1v) is 7.80. The van der Waals surface area contributed by atoms with Crippen LogP contribution in [0.2, 0.25) is 0 Å². The third-order valence-corrected chi connectivity index (χ3v) is 4.46. The lowest BCUT2D eigenvalue weighted by Crippen LogP contribution is -2.30. The summed E-state index contributed by atoms with van der Waals surface area (Å²) in [7, 11) is 0. The summed E-state index contributed by atoms with van der Waals surface area (Å²) >= 11 is 0. The second-order valence-electron chi connectivity index (χ2n) is 6.17. The fourth-order valence-corrected chi connectivity index (χ4v) is 3.08. The number of nitrogens with zero attached hydrogens (tertiary/aromatic N) is 1. The molecule has 0 radical (unpaired) electrons. The summed E-state index contributed by atoms with van der Waals surface area (Å²) in [5, 5.41) is 0. The quantitative estimate of drug-likeness (QED) is 0.808. The smallest absolute Gasteiger partial charge is 0.253 e. The van der Waals surface area contributed by atoms with E-state index in [4.69, 9.17) is 0 Å². The third-order valence-electron chi connectivity index (χ3n) is 4.46. The maximum atomic E-state index is 13.0. The minimum absolute atomic E-state index is 0.00644. The lowest BCUT2D eigenvalue weighted by atomic mass is 9.90. The third kappa shape index (κ3) is 3.20. The van der Waals surface area contributed by atoms with E-state index in [-0.39, 0.29) is 29.3 Å². The monoisotopic (exact) mass is 329 g/mol. The predicted octanol–water partition coefficient (Wildman–Crippen LogP) is 3.56. The fraction of sp³-hybridized carbons (Fsp3) is 0.263. The molecule has 1 fully saturated rings. The SMILES string of the molecule is C[C@H]1CN(C(=O)c2ccc(F)cc2)C[C@@H]1C(=O)c1ccc(F)cc1. The molecule has 0 unspecified atom stereocenters. The van der Waals surface area contributed by atoms with Gasteiger partial charge in [-0.05, 0) is 54.4 Å². The molecular weight excluding hydrogens is 312 g/mol. The summed E-state index contributed by atoms with van der Waals surface area (Å²) in [5.41, 5.74) is 0.850. The summed E-state index contributed by atoms with van der Waals surface area (Å²) in [6, 6.07) is 10.8. The number of carbonyl (C=O) groups excluding carboxylic acids is 2. The highest BCUT2D eigenvalue weighted by molar-refractivity contribution is 6.00. The molecule has 24 heavy (non-hydrogen) atoms. The number of hydrogen-bond donors (Lipinski definition) is 0. The van der Waals surface area contributed by atoms with E-state index in [1.54, 1.807) is 4.90 Å². The second-order valence-corrected chi connectivity index (χ2v) is 6.17. The molecule has 0 saturated carbocycles. The number of hydrogen-bond acceptors (Lipinski definition) is 2. The van der Waals surface area contributed by atoms with Gasteiger partial charge in [0.25, 0.3) is 5.91 Å². The molecule has 3 rings (SSSR count). The molecule has 0 aliphatic carbocycles. The van der Waals surface area contributed by atoms with Gasteiger partial charge in [0.1, 0.15) is 11.6 Å². The van der Waals surface area contributed by atoms with Crippen LogP contribution < -0.4 is 0 Å². The van der Waals surface area contributed by atoms with Crippen LogP contribution in [0.1, 0.15) is 27.6 Å². The van der Waals surface area contributed by atoms with Crippen LogP contribution >= 0.6 is 0 Å². The largest absolute Gasteiger partial charge is 0.338 e. The molecule has 2 aromatic carbocycles. The van der Waals surface area contributed by atoms with E-state index in [0.717, 1.165) is 0 Å². The van der Waals surface area contributed by atoms with Crippen molar-refractivity contribution in [3.8, 4) is 0 Å². The summed E-state index contributed by atoms with van der Waals surface area (Å²) < 4.78 is 26.0. The number of Topliss-reactive ketones (excluding diaryl/α,β-unsaturated/α-hetero) is 1. The molecule has 3 nitrogen and oxygen atoms in total. The molecule has 0 aromatic heterocycles. The van der Waals surface area contributed by atoms with Gasteiger partial charge in [0.15, 0.2) is 5.78 Å². The maximum Gasteiger partial charge on any atom is 0.253 e. The maximum absolute atomic E-state index is 13.0. The molecular formula is C19H17F2NO2. The van der Waals surface area contributed by atoms with Crippen molar-refractivity contribution >= 4 is 11.7 Å². The van der Waals surface area contributed by atoms with Gasteiger partial charge < -0.3 is 4.90 Å². The zero-order valence-electron chi connectivity index (χ0n) is 13.2. The average Bonchev–Trinajstić information content (AvgIpc) is 2.97. The molecule has 1 aliphatic heterocycles. The van der Waals surface area contributed by atoms with Gasteiger partial charge in [-0.2, -0.15) is 0 Å². The molecule has 1 heterocycles. The lowest BCUT2D eigenvalue weighted by molar-refractivity contribution is 0.0779. The number of rotatable bonds is 3. The van der Waals surface area contributed by atoms with Crippen LogP contribution in [-0.2, 0) is 0 Å². The minimum Gasteiger partial charge on any atom is -0.338 e. The van der Waals surface area contributed by atoms with E-state index < -0.39 is 5.82 Å². The topological polar surface area (TPSA) is 37.4 Å². The lowest BCUT2D eigenvalue weighted by Gasteiger charge is -2.16. The summed E-state index contributed by atoms with van der Waals surface area (Å²) in [6.07, 6.45) is 0. The van der Waals surface area contributed by atoms with Crippen LogP contribution in [0.5, 0.6) is 0 Å². The predicted molar refractivity (Wildman–Crippen MR) is 85.7 cm³/mol. The first kappa shape index (κ1) is 16.3. The molecule has 2 aromatic rings. The molecule has 0 bridgehead atoms.